The number of nitrogens with one attached hydrogen (secondary N) is 1. The molecule has 2 heteroatoms. The van der Waals surface area contributed by atoms with E-state index in [1.54, 1.807) is 0 Å². The monoisotopic (exact) mass is 237 g/mol. The van der Waals surface area contributed by atoms with Crippen LogP contribution < -0.4 is 5.32 Å². The summed E-state index contributed by atoms with van der Waals surface area (Å²) in [5.41, 5.74) is 1.20. The van der Waals surface area contributed by atoms with E-state index in [0.717, 1.165) is 29.9 Å². The molecule has 1 nitrogen and oxygen atoms in total. The fraction of sp³-hybridized carbons (Fsp3) is 0.571. The van der Waals surface area contributed by atoms with Crippen molar-refractivity contribution in [1.29, 1.82) is 0 Å². The van der Waals surface area contributed by atoms with Crippen molar-refractivity contribution in [3.8, 4) is 0 Å². The highest BCUT2D eigenvalue weighted by atomic mass is 35.5. The summed E-state index contributed by atoms with van der Waals surface area (Å²) in [5, 5.41) is 4.39. The van der Waals surface area contributed by atoms with Crippen LogP contribution >= 0.6 is 11.6 Å². The lowest BCUT2D eigenvalue weighted by molar-refractivity contribution is 0.471. The molecule has 1 aromatic rings. The zero-order chi connectivity index (χ0) is 11.4. The Morgan fingerprint density at radius 2 is 2.12 bits per heavy atom. The predicted octanol–water partition coefficient (Wildman–Crippen LogP) is 3.87. The van der Waals surface area contributed by atoms with Gasteiger partial charge < -0.3 is 5.32 Å². The van der Waals surface area contributed by atoms with Crippen molar-refractivity contribution < 1.29 is 0 Å². The van der Waals surface area contributed by atoms with Crippen LogP contribution in [-0.2, 0) is 6.54 Å². The van der Waals surface area contributed by atoms with Gasteiger partial charge in [0.15, 0.2) is 0 Å². The Balaban J connectivity index is 1.74. The van der Waals surface area contributed by atoms with Crippen LogP contribution in [0.3, 0.4) is 0 Å². The van der Waals surface area contributed by atoms with Crippen molar-refractivity contribution in [3.05, 3.63) is 34.9 Å². The molecule has 0 aromatic heterocycles. The minimum Gasteiger partial charge on any atom is -0.312 e. The van der Waals surface area contributed by atoms with E-state index in [2.05, 4.69) is 18.3 Å². The highest BCUT2D eigenvalue weighted by molar-refractivity contribution is 6.31. The largest absolute Gasteiger partial charge is 0.312 e. The Kier molecular flexibility index (Phi) is 4.25. The van der Waals surface area contributed by atoms with Gasteiger partial charge in [0.25, 0.3) is 0 Å². The Bertz CT molecular complexity index is 337. The third-order valence-corrected chi connectivity index (χ3v) is 3.88. The molecule has 0 heterocycles. The van der Waals surface area contributed by atoms with Gasteiger partial charge in [0.1, 0.15) is 0 Å². The van der Waals surface area contributed by atoms with Gasteiger partial charge in [0.2, 0.25) is 0 Å². The number of rotatable bonds is 4. The van der Waals surface area contributed by atoms with Crippen molar-refractivity contribution in [3.63, 3.8) is 0 Å². The molecule has 0 aliphatic heterocycles. The highest BCUT2D eigenvalue weighted by Crippen LogP contribution is 2.29. The molecule has 1 saturated carbocycles. The van der Waals surface area contributed by atoms with E-state index in [1.807, 2.05) is 18.2 Å². The molecule has 1 fully saturated rings. The summed E-state index contributed by atoms with van der Waals surface area (Å²) in [5.74, 6) is 1.80. The quantitative estimate of drug-likeness (QED) is 0.839. The molecule has 1 aliphatic rings. The van der Waals surface area contributed by atoms with E-state index in [9.17, 15) is 0 Å². The number of hydrogen-bond donors (Lipinski definition) is 1. The lowest BCUT2D eigenvalue weighted by Crippen LogP contribution is -2.21. The van der Waals surface area contributed by atoms with Gasteiger partial charge in [-0.3, -0.25) is 0 Å². The van der Waals surface area contributed by atoms with Gasteiger partial charge in [-0.2, -0.15) is 0 Å². The second-order valence-corrected chi connectivity index (χ2v) is 5.41. The van der Waals surface area contributed by atoms with Gasteiger partial charge in [0.05, 0.1) is 0 Å². The summed E-state index contributed by atoms with van der Waals surface area (Å²) >= 11 is 6.10. The van der Waals surface area contributed by atoms with Crippen LogP contribution in [-0.4, -0.2) is 6.54 Å². The first-order chi connectivity index (χ1) is 7.75. The van der Waals surface area contributed by atoms with Crippen LogP contribution in [0.1, 0.15) is 31.7 Å². The predicted molar refractivity (Wildman–Crippen MR) is 69.7 cm³/mol. The SMILES string of the molecule is CC1CCC(CNCc2ccccc2Cl)C1. The average molecular weight is 238 g/mol. The third-order valence-electron chi connectivity index (χ3n) is 3.51. The fourth-order valence-corrected chi connectivity index (χ4v) is 2.77. The van der Waals surface area contributed by atoms with E-state index in [1.165, 1.54) is 24.8 Å². The van der Waals surface area contributed by atoms with Crippen LogP contribution in [0.4, 0.5) is 0 Å². The summed E-state index contributed by atoms with van der Waals surface area (Å²) in [6, 6.07) is 8.06. The first-order valence-electron chi connectivity index (χ1n) is 6.20. The minimum atomic E-state index is 0.870. The van der Waals surface area contributed by atoms with Gasteiger partial charge in [0, 0.05) is 11.6 Å². The normalized spacial score (nSPS) is 24.9. The van der Waals surface area contributed by atoms with Gasteiger partial charge >= 0.3 is 0 Å². The van der Waals surface area contributed by atoms with Crippen molar-refractivity contribution in [2.24, 2.45) is 11.8 Å². The minimum absolute atomic E-state index is 0.870. The molecule has 0 radical (unpaired) electrons. The van der Waals surface area contributed by atoms with Crippen LogP contribution in [0.2, 0.25) is 5.02 Å². The van der Waals surface area contributed by atoms with Crippen molar-refractivity contribution in [1.82, 2.24) is 5.32 Å². The van der Waals surface area contributed by atoms with Crippen molar-refractivity contribution >= 4 is 11.6 Å². The van der Waals surface area contributed by atoms with E-state index in [0.29, 0.717) is 0 Å². The van der Waals surface area contributed by atoms with Crippen LogP contribution in [0.15, 0.2) is 24.3 Å². The molecule has 88 valence electrons. The molecule has 2 rings (SSSR count). The maximum atomic E-state index is 6.10. The fourth-order valence-electron chi connectivity index (χ4n) is 2.56. The first kappa shape index (κ1) is 11.9. The first-order valence-corrected chi connectivity index (χ1v) is 6.57. The van der Waals surface area contributed by atoms with Crippen LogP contribution in [0.25, 0.3) is 0 Å². The Morgan fingerprint density at radius 3 is 2.81 bits per heavy atom. The van der Waals surface area contributed by atoms with Crippen LogP contribution in [0, 0.1) is 11.8 Å². The molecule has 1 aliphatic carbocycles. The summed E-state index contributed by atoms with van der Waals surface area (Å²) in [7, 11) is 0. The molecule has 0 bridgehead atoms. The molecule has 2 unspecified atom stereocenters. The molecule has 1 N–H and O–H groups in total. The maximum Gasteiger partial charge on any atom is 0.0450 e. The van der Waals surface area contributed by atoms with E-state index < -0.39 is 0 Å². The number of halogens is 1. The molecule has 0 spiro atoms. The summed E-state index contributed by atoms with van der Waals surface area (Å²) in [6.07, 6.45) is 4.17. The van der Waals surface area contributed by atoms with Crippen LogP contribution in [0.5, 0.6) is 0 Å². The Morgan fingerprint density at radius 1 is 1.31 bits per heavy atom. The highest BCUT2D eigenvalue weighted by Gasteiger charge is 2.20. The molecule has 0 amide bonds. The molecule has 1 aromatic carbocycles. The zero-order valence-corrected chi connectivity index (χ0v) is 10.6. The van der Waals surface area contributed by atoms with E-state index in [-0.39, 0.29) is 0 Å². The topological polar surface area (TPSA) is 12.0 Å². The van der Waals surface area contributed by atoms with Crippen molar-refractivity contribution in [2.45, 2.75) is 32.7 Å². The summed E-state index contributed by atoms with van der Waals surface area (Å²) in [6.45, 7) is 4.38. The number of benzene rings is 1. The zero-order valence-electron chi connectivity index (χ0n) is 9.88. The van der Waals surface area contributed by atoms with Gasteiger partial charge in [-0.1, -0.05) is 43.1 Å². The second-order valence-electron chi connectivity index (χ2n) is 5.01. The maximum absolute atomic E-state index is 6.10. The van der Waals surface area contributed by atoms with Gasteiger partial charge in [-0.25, -0.2) is 0 Å². The van der Waals surface area contributed by atoms with E-state index in [4.69, 9.17) is 11.6 Å². The summed E-state index contributed by atoms with van der Waals surface area (Å²) in [4.78, 5) is 0. The number of hydrogen-bond acceptors (Lipinski definition) is 1. The Hall–Kier alpha value is -0.530. The van der Waals surface area contributed by atoms with Crippen molar-refractivity contribution in [2.75, 3.05) is 6.54 Å². The Labute approximate surface area is 103 Å². The van der Waals surface area contributed by atoms with E-state index >= 15 is 0 Å². The lowest BCUT2D eigenvalue weighted by Gasteiger charge is -2.11. The standard InChI is InChI=1S/C14H20ClN/c1-11-6-7-12(8-11)9-16-10-13-4-2-3-5-14(13)15/h2-5,11-12,16H,6-10H2,1H3. The smallest absolute Gasteiger partial charge is 0.0450 e. The van der Waals surface area contributed by atoms with Gasteiger partial charge in [-0.15, -0.1) is 0 Å². The second kappa shape index (κ2) is 5.70. The molecule has 16 heavy (non-hydrogen) atoms. The third kappa shape index (κ3) is 3.23. The summed E-state index contributed by atoms with van der Waals surface area (Å²) < 4.78 is 0. The molecular formula is C14H20ClN. The average Bonchev–Trinajstić information content (AvgIpc) is 2.67. The lowest BCUT2D eigenvalue weighted by atomic mass is 10.1. The van der Waals surface area contributed by atoms with Gasteiger partial charge in [-0.05, 0) is 42.9 Å². The molecule has 0 saturated heterocycles. The molecular weight excluding hydrogens is 218 g/mol. The molecule has 2 atom stereocenters.